The number of allylic oxidation sites excluding steroid dienone is 3. The van der Waals surface area contributed by atoms with Gasteiger partial charge in [-0.2, -0.15) is 4.31 Å². The molecule has 28 heavy (non-hydrogen) atoms. The molecule has 1 heterocycles. The largest absolute Gasteiger partial charge is 0.497 e. The SMILES string of the molecule is C/C=C/C=C/C(=O)OCC(=O)N1CCN(S(=O)(=O)c2ccc(OC)cc2)CC1. The number of methoxy groups -OCH3 is 1. The van der Waals surface area contributed by atoms with Crippen LogP contribution in [0.15, 0.2) is 53.5 Å². The van der Waals surface area contributed by atoms with E-state index in [-0.39, 0.29) is 43.6 Å². The summed E-state index contributed by atoms with van der Waals surface area (Å²) in [6.07, 6.45) is 6.18. The average Bonchev–Trinajstić information content (AvgIpc) is 2.72. The highest BCUT2D eigenvalue weighted by Crippen LogP contribution is 2.20. The van der Waals surface area contributed by atoms with Crippen molar-refractivity contribution >= 4 is 21.9 Å². The van der Waals surface area contributed by atoms with Crippen LogP contribution in [0.4, 0.5) is 0 Å². The molecular weight excluding hydrogens is 384 g/mol. The van der Waals surface area contributed by atoms with Crippen LogP contribution < -0.4 is 4.74 Å². The van der Waals surface area contributed by atoms with E-state index in [2.05, 4.69) is 0 Å². The third-order valence-electron chi connectivity index (χ3n) is 4.16. The van der Waals surface area contributed by atoms with Gasteiger partial charge < -0.3 is 14.4 Å². The van der Waals surface area contributed by atoms with Crippen molar-refractivity contribution in [1.29, 1.82) is 0 Å². The number of hydrogen-bond acceptors (Lipinski definition) is 6. The predicted molar refractivity (Wildman–Crippen MR) is 103 cm³/mol. The number of rotatable bonds is 7. The number of piperazine rings is 1. The van der Waals surface area contributed by atoms with Gasteiger partial charge in [0.2, 0.25) is 10.0 Å². The summed E-state index contributed by atoms with van der Waals surface area (Å²) in [5, 5.41) is 0. The van der Waals surface area contributed by atoms with E-state index in [4.69, 9.17) is 9.47 Å². The van der Waals surface area contributed by atoms with E-state index in [1.807, 2.05) is 6.92 Å². The summed E-state index contributed by atoms with van der Waals surface area (Å²) in [6.45, 7) is 2.27. The first kappa shape index (κ1) is 21.6. The van der Waals surface area contributed by atoms with Crippen LogP contribution in [0.3, 0.4) is 0 Å². The summed E-state index contributed by atoms with van der Waals surface area (Å²) in [5.41, 5.74) is 0. The Morgan fingerprint density at radius 3 is 2.29 bits per heavy atom. The quantitative estimate of drug-likeness (QED) is 0.382. The standard InChI is InChI=1S/C19H24N2O6S/c1-3-4-5-6-19(23)27-15-18(22)20-11-13-21(14-12-20)28(24,25)17-9-7-16(26-2)8-10-17/h3-10H,11-15H2,1-2H3/b4-3+,6-5+. The van der Waals surface area contributed by atoms with E-state index in [1.54, 1.807) is 24.3 Å². The summed E-state index contributed by atoms with van der Waals surface area (Å²) in [6, 6.07) is 6.16. The van der Waals surface area contributed by atoms with E-state index in [1.165, 1.54) is 40.6 Å². The molecule has 1 saturated heterocycles. The van der Waals surface area contributed by atoms with Gasteiger partial charge >= 0.3 is 5.97 Å². The topological polar surface area (TPSA) is 93.2 Å². The maximum Gasteiger partial charge on any atom is 0.331 e. The van der Waals surface area contributed by atoms with Gasteiger partial charge in [0.25, 0.3) is 5.91 Å². The molecule has 0 radical (unpaired) electrons. The molecule has 0 aliphatic carbocycles. The Bertz CT molecular complexity index is 838. The molecule has 1 fully saturated rings. The van der Waals surface area contributed by atoms with E-state index >= 15 is 0 Å². The monoisotopic (exact) mass is 408 g/mol. The van der Waals surface area contributed by atoms with Crippen LogP contribution in [0, 0.1) is 0 Å². The molecule has 152 valence electrons. The van der Waals surface area contributed by atoms with Gasteiger partial charge in [0, 0.05) is 32.3 Å². The van der Waals surface area contributed by atoms with Gasteiger partial charge in [-0.25, -0.2) is 13.2 Å². The average molecular weight is 408 g/mol. The molecule has 1 aromatic carbocycles. The van der Waals surface area contributed by atoms with Crippen LogP contribution in [0.2, 0.25) is 0 Å². The second-order valence-corrected chi connectivity index (χ2v) is 7.89. The minimum absolute atomic E-state index is 0.176. The highest BCUT2D eigenvalue weighted by atomic mass is 32.2. The van der Waals surface area contributed by atoms with E-state index < -0.39 is 16.0 Å². The molecular formula is C19H24N2O6S. The normalized spacial score (nSPS) is 15.9. The molecule has 2 rings (SSSR count). The molecule has 1 aliphatic rings. The van der Waals surface area contributed by atoms with Crippen LogP contribution >= 0.6 is 0 Å². The molecule has 1 amide bonds. The van der Waals surface area contributed by atoms with Gasteiger partial charge in [0.1, 0.15) is 5.75 Å². The van der Waals surface area contributed by atoms with Crippen LogP contribution in [0.25, 0.3) is 0 Å². The van der Waals surface area contributed by atoms with Crippen molar-refractivity contribution in [2.24, 2.45) is 0 Å². The summed E-state index contributed by atoms with van der Waals surface area (Å²) in [5.74, 6) is -0.383. The number of nitrogens with zero attached hydrogens (tertiary/aromatic N) is 2. The smallest absolute Gasteiger partial charge is 0.331 e. The van der Waals surface area contributed by atoms with Crippen LogP contribution in [-0.2, 0) is 24.3 Å². The minimum atomic E-state index is -3.64. The minimum Gasteiger partial charge on any atom is -0.497 e. The van der Waals surface area contributed by atoms with Crippen LogP contribution in [-0.4, -0.2) is 69.4 Å². The molecule has 1 aliphatic heterocycles. The summed E-state index contributed by atoms with van der Waals surface area (Å²) in [4.78, 5) is 25.3. The van der Waals surface area contributed by atoms with Crippen molar-refractivity contribution < 1.29 is 27.5 Å². The van der Waals surface area contributed by atoms with Gasteiger partial charge in [0.05, 0.1) is 12.0 Å². The molecule has 0 spiro atoms. The van der Waals surface area contributed by atoms with Gasteiger partial charge in [-0.1, -0.05) is 18.2 Å². The Labute approximate surface area is 165 Å². The van der Waals surface area contributed by atoms with Crippen molar-refractivity contribution in [3.8, 4) is 5.75 Å². The first-order chi connectivity index (χ1) is 13.4. The Morgan fingerprint density at radius 2 is 1.71 bits per heavy atom. The molecule has 1 aromatic rings. The van der Waals surface area contributed by atoms with Gasteiger partial charge in [-0.15, -0.1) is 0 Å². The first-order valence-electron chi connectivity index (χ1n) is 8.76. The molecule has 0 aromatic heterocycles. The second kappa shape index (κ2) is 10.0. The van der Waals surface area contributed by atoms with E-state index in [0.29, 0.717) is 5.75 Å². The van der Waals surface area contributed by atoms with Gasteiger partial charge in [0.15, 0.2) is 6.61 Å². The van der Waals surface area contributed by atoms with Crippen molar-refractivity contribution in [3.63, 3.8) is 0 Å². The zero-order chi connectivity index (χ0) is 20.6. The second-order valence-electron chi connectivity index (χ2n) is 5.95. The maximum absolute atomic E-state index is 12.7. The number of carbonyl (C=O) groups excluding carboxylic acids is 2. The molecule has 0 bridgehead atoms. The lowest BCUT2D eigenvalue weighted by atomic mass is 10.3. The van der Waals surface area contributed by atoms with Crippen LogP contribution in [0.5, 0.6) is 5.75 Å². The number of carbonyl (C=O) groups is 2. The fraction of sp³-hybridized carbons (Fsp3) is 0.368. The highest BCUT2D eigenvalue weighted by molar-refractivity contribution is 7.89. The molecule has 8 nitrogen and oxygen atoms in total. The zero-order valence-corrected chi connectivity index (χ0v) is 16.7. The lowest BCUT2D eigenvalue weighted by Crippen LogP contribution is -2.51. The Morgan fingerprint density at radius 1 is 1.07 bits per heavy atom. The number of ether oxygens (including phenoxy) is 2. The van der Waals surface area contributed by atoms with Crippen molar-refractivity contribution in [2.45, 2.75) is 11.8 Å². The van der Waals surface area contributed by atoms with Crippen molar-refractivity contribution in [2.75, 3.05) is 39.9 Å². The Kier molecular flexibility index (Phi) is 7.77. The molecule has 9 heteroatoms. The summed E-state index contributed by atoms with van der Waals surface area (Å²) < 4.78 is 36.7. The third-order valence-corrected chi connectivity index (χ3v) is 6.08. The maximum atomic E-state index is 12.7. The highest BCUT2D eigenvalue weighted by Gasteiger charge is 2.30. The fourth-order valence-electron chi connectivity index (χ4n) is 2.59. The number of benzene rings is 1. The molecule has 0 unspecified atom stereocenters. The van der Waals surface area contributed by atoms with Gasteiger partial charge in [-0.3, -0.25) is 4.79 Å². The zero-order valence-electron chi connectivity index (χ0n) is 15.9. The number of hydrogen-bond donors (Lipinski definition) is 0. The van der Waals surface area contributed by atoms with Crippen molar-refractivity contribution in [3.05, 3.63) is 48.6 Å². The van der Waals surface area contributed by atoms with Gasteiger partial charge in [-0.05, 0) is 31.2 Å². The lowest BCUT2D eigenvalue weighted by molar-refractivity contribution is -0.148. The number of sulfonamides is 1. The number of amides is 1. The Hall–Kier alpha value is -2.65. The molecule has 0 N–H and O–H groups in total. The predicted octanol–water partition coefficient (Wildman–Crippen LogP) is 1.20. The van der Waals surface area contributed by atoms with Crippen LogP contribution in [0.1, 0.15) is 6.92 Å². The Balaban J connectivity index is 1.87. The third kappa shape index (κ3) is 5.67. The fourth-order valence-corrected chi connectivity index (χ4v) is 4.01. The molecule has 0 atom stereocenters. The van der Waals surface area contributed by atoms with E-state index in [0.717, 1.165) is 0 Å². The number of esters is 1. The lowest BCUT2D eigenvalue weighted by Gasteiger charge is -2.33. The summed E-state index contributed by atoms with van der Waals surface area (Å²) >= 11 is 0. The first-order valence-corrected chi connectivity index (χ1v) is 10.2. The van der Waals surface area contributed by atoms with Crippen molar-refractivity contribution in [1.82, 2.24) is 9.21 Å². The molecule has 0 saturated carbocycles. The summed E-state index contributed by atoms with van der Waals surface area (Å²) in [7, 11) is -2.13. The van der Waals surface area contributed by atoms with E-state index in [9.17, 15) is 18.0 Å².